The van der Waals surface area contributed by atoms with E-state index in [9.17, 15) is 9.59 Å². The van der Waals surface area contributed by atoms with E-state index in [1.807, 2.05) is 35.2 Å². The van der Waals surface area contributed by atoms with Crippen molar-refractivity contribution in [1.29, 1.82) is 0 Å². The zero-order valence-electron chi connectivity index (χ0n) is 18.2. The van der Waals surface area contributed by atoms with Crippen molar-refractivity contribution in [3.8, 4) is 5.75 Å². The van der Waals surface area contributed by atoms with Crippen LogP contribution in [0.2, 0.25) is 0 Å². The molecule has 0 unspecified atom stereocenters. The third-order valence-corrected chi connectivity index (χ3v) is 6.21. The summed E-state index contributed by atoms with van der Waals surface area (Å²) >= 11 is 0. The van der Waals surface area contributed by atoms with E-state index in [0.29, 0.717) is 31.6 Å². The molecule has 0 radical (unpaired) electrons. The van der Waals surface area contributed by atoms with E-state index in [4.69, 9.17) is 9.15 Å². The highest BCUT2D eigenvalue weighted by Crippen LogP contribution is 2.27. The number of amides is 2. The van der Waals surface area contributed by atoms with Crippen LogP contribution in [0.25, 0.3) is 0 Å². The Morgan fingerprint density at radius 1 is 1.10 bits per heavy atom. The second-order valence-electron chi connectivity index (χ2n) is 8.42. The van der Waals surface area contributed by atoms with Crippen molar-refractivity contribution in [3.05, 3.63) is 48.2 Å². The summed E-state index contributed by atoms with van der Waals surface area (Å²) < 4.78 is 11.6. The Morgan fingerprint density at radius 2 is 1.84 bits per heavy atom. The minimum atomic E-state index is -0.176. The first-order chi connectivity index (χ1) is 15.0. The molecule has 1 aromatic carbocycles. The molecule has 3 heterocycles. The molecule has 8 heteroatoms. The Kier molecular flexibility index (Phi) is 6.56. The molecule has 4 rings (SSSR count). The molecule has 2 aliphatic heterocycles. The standard InChI is InChI=1S/C23H30N4O4/c1-17-22(30-16-24-17)23(29)27-9-8-20(31-19-6-4-3-5-7-19)18(15-27)14-21(28)26-12-10-25(2)11-13-26/h3-7,16,18,20H,8-15H2,1-2H3/t18-,20-/m0/s1. The number of rotatable bonds is 5. The highest BCUT2D eigenvalue weighted by molar-refractivity contribution is 5.92. The van der Waals surface area contributed by atoms with Crippen LogP contribution in [-0.2, 0) is 4.79 Å². The van der Waals surface area contributed by atoms with E-state index in [1.165, 1.54) is 6.39 Å². The van der Waals surface area contributed by atoms with Crippen LogP contribution < -0.4 is 4.74 Å². The minimum Gasteiger partial charge on any atom is -0.490 e. The third-order valence-electron chi connectivity index (χ3n) is 6.21. The number of ether oxygens (including phenoxy) is 1. The maximum absolute atomic E-state index is 13.1. The molecule has 0 spiro atoms. The number of carbonyl (C=O) groups is 2. The number of benzene rings is 1. The van der Waals surface area contributed by atoms with E-state index >= 15 is 0 Å². The van der Waals surface area contributed by atoms with Crippen molar-refractivity contribution in [2.45, 2.75) is 25.9 Å². The molecule has 166 valence electrons. The number of oxazole rings is 1. The first kappa shape index (κ1) is 21.4. The lowest BCUT2D eigenvalue weighted by Crippen LogP contribution is -2.51. The summed E-state index contributed by atoms with van der Waals surface area (Å²) in [5.41, 5.74) is 0.581. The molecule has 2 fully saturated rings. The Balaban J connectivity index is 1.47. The molecular weight excluding hydrogens is 396 g/mol. The molecule has 0 aliphatic carbocycles. The topological polar surface area (TPSA) is 79.1 Å². The molecule has 0 saturated carbocycles. The monoisotopic (exact) mass is 426 g/mol. The van der Waals surface area contributed by atoms with Gasteiger partial charge in [-0.1, -0.05) is 18.2 Å². The highest BCUT2D eigenvalue weighted by atomic mass is 16.5. The maximum Gasteiger partial charge on any atom is 0.291 e. The van der Waals surface area contributed by atoms with Crippen molar-refractivity contribution in [1.82, 2.24) is 19.7 Å². The van der Waals surface area contributed by atoms with Gasteiger partial charge in [0.1, 0.15) is 11.9 Å². The molecule has 31 heavy (non-hydrogen) atoms. The van der Waals surface area contributed by atoms with Crippen molar-refractivity contribution >= 4 is 11.8 Å². The van der Waals surface area contributed by atoms with E-state index in [2.05, 4.69) is 16.9 Å². The van der Waals surface area contributed by atoms with Gasteiger partial charge in [0, 0.05) is 58.0 Å². The van der Waals surface area contributed by atoms with Crippen LogP contribution >= 0.6 is 0 Å². The number of piperazine rings is 1. The lowest BCUT2D eigenvalue weighted by molar-refractivity contribution is -0.135. The number of para-hydroxylation sites is 1. The second-order valence-corrected chi connectivity index (χ2v) is 8.42. The number of aryl methyl sites for hydroxylation is 1. The zero-order valence-corrected chi connectivity index (χ0v) is 18.2. The van der Waals surface area contributed by atoms with Crippen molar-refractivity contribution in [2.24, 2.45) is 5.92 Å². The number of piperidine rings is 1. The molecule has 1 aromatic heterocycles. The molecule has 2 saturated heterocycles. The molecular formula is C23H30N4O4. The Labute approximate surface area is 182 Å². The molecule has 0 bridgehead atoms. The molecule has 2 aliphatic rings. The quantitative estimate of drug-likeness (QED) is 0.728. The van der Waals surface area contributed by atoms with Gasteiger partial charge in [-0.25, -0.2) is 4.98 Å². The number of aromatic nitrogens is 1. The van der Waals surface area contributed by atoms with Gasteiger partial charge in [0.25, 0.3) is 5.91 Å². The van der Waals surface area contributed by atoms with Gasteiger partial charge in [0.15, 0.2) is 6.39 Å². The van der Waals surface area contributed by atoms with Crippen LogP contribution in [0.3, 0.4) is 0 Å². The van der Waals surface area contributed by atoms with Crippen LogP contribution in [0.15, 0.2) is 41.1 Å². The van der Waals surface area contributed by atoms with E-state index in [1.54, 1.807) is 11.8 Å². The van der Waals surface area contributed by atoms with Crippen LogP contribution in [0.5, 0.6) is 5.75 Å². The highest BCUT2D eigenvalue weighted by Gasteiger charge is 2.37. The zero-order chi connectivity index (χ0) is 21.8. The summed E-state index contributed by atoms with van der Waals surface area (Å²) in [4.78, 5) is 36.0. The van der Waals surface area contributed by atoms with Crippen LogP contribution in [-0.4, -0.2) is 83.9 Å². The number of hydrogen-bond acceptors (Lipinski definition) is 6. The summed E-state index contributed by atoms with van der Waals surface area (Å²) in [5.74, 6) is 0.922. The largest absolute Gasteiger partial charge is 0.490 e. The summed E-state index contributed by atoms with van der Waals surface area (Å²) in [6, 6.07) is 9.67. The normalized spacial score (nSPS) is 22.4. The first-order valence-electron chi connectivity index (χ1n) is 10.9. The average Bonchev–Trinajstić information content (AvgIpc) is 3.21. The van der Waals surface area contributed by atoms with Gasteiger partial charge >= 0.3 is 0 Å². The number of nitrogens with zero attached hydrogens (tertiary/aromatic N) is 4. The summed E-state index contributed by atoms with van der Waals surface area (Å²) in [6.07, 6.45) is 2.19. The second kappa shape index (κ2) is 9.51. The van der Waals surface area contributed by atoms with Gasteiger partial charge in [-0.3, -0.25) is 9.59 Å². The first-order valence-corrected chi connectivity index (χ1v) is 10.9. The van der Waals surface area contributed by atoms with Gasteiger partial charge in [-0.15, -0.1) is 0 Å². The van der Waals surface area contributed by atoms with Crippen molar-refractivity contribution in [3.63, 3.8) is 0 Å². The number of likely N-dealkylation sites (tertiary alicyclic amines) is 1. The van der Waals surface area contributed by atoms with Crippen molar-refractivity contribution < 1.29 is 18.7 Å². The van der Waals surface area contributed by atoms with Gasteiger partial charge in [-0.2, -0.15) is 0 Å². The fraction of sp³-hybridized carbons (Fsp3) is 0.522. The van der Waals surface area contributed by atoms with E-state index in [0.717, 1.165) is 31.9 Å². The summed E-state index contributed by atoms with van der Waals surface area (Å²) in [6.45, 7) is 6.02. The Morgan fingerprint density at radius 3 is 2.52 bits per heavy atom. The average molecular weight is 427 g/mol. The van der Waals surface area contributed by atoms with Crippen molar-refractivity contribution in [2.75, 3.05) is 46.3 Å². The van der Waals surface area contributed by atoms with Crippen LogP contribution in [0.1, 0.15) is 29.1 Å². The lowest BCUT2D eigenvalue weighted by atomic mass is 9.90. The molecule has 2 aromatic rings. The Hall–Kier alpha value is -2.87. The third kappa shape index (κ3) is 5.07. The van der Waals surface area contributed by atoms with Crippen LogP contribution in [0.4, 0.5) is 0 Å². The van der Waals surface area contributed by atoms with Gasteiger partial charge in [0.05, 0.1) is 5.69 Å². The Bertz CT molecular complexity index is 892. The molecule has 2 atom stereocenters. The molecule has 0 N–H and O–H groups in total. The van der Waals surface area contributed by atoms with Gasteiger partial charge in [-0.05, 0) is 26.1 Å². The maximum atomic E-state index is 13.1. The number of hydrogen-bond donors (Lipinski definition) is 0. The number of likely N-dealkylation sites (N-methyl/N-ethyl adjacent to an activating group) is 1. The predicted molar refractivity (Wildman–Crippen MR) is 115 cm³/mol. The van der Waals surface area contributed by atoms with Gasteiger partial charge in [0.2, 0.25) is 11.7 Å². The van der Waals surface area contributed by atoms with Gasteiger partial charge < -0.3 is 23.9 Å². The molecule has 8 nitrogen and oxygen atoms in total. The fourth-order valence-electron chi connectivity index (χ4n) is 4.28. The summed E-state index contributed by atoms with van der Waals surface area (Å²) in [5, 5.41) is 0. The van der Waals surface area contributed by atoms with Crippen LogP contribution in [0, 0.1) is 12.8 Å². The summed E-state index contributed by atoms with van der Waals surface area (Å²) in [7, 11) is 2.07. The smallest absolute Gasteiger partial charge is 0.291 e. The fourth-order valence-corrected chi connectivity index (χ4v) is 4.28. The predicted octanol–water partition coefficient (Wildman–Crippen LogP) is 2.06. The van der Waals surface area contributed by atoms with E-state index < -0.39 is 0 Å². The lowest BCUT2D eigenvalue weighted by Gasteiger charge is -2.39. The molecule has 2 amide bonds. The van der Waals surface area contributed by atoms with E-state index in [-0.39, 0.29) is 29.6 Å². The minimum absolute atomic E-state index is 0.0895. The SMILES string of the molecule is Cc1ncoc1C(=O)N1CC[C@H](Oc2ccccc2)[C@@H](CC(=O)N2CCN(C)CC2)C1. The number of carbonyl (C=O) groups excluding carboxylic acids is 2.